The van der Waals surface area contributed by atoms with E-state index >= 15 is 0 Å². The zero-order valence-corrected chi connectivity index (χ0v) is 21.6. The first-order valence-corrected chi connectivity index (χ1v) is 12.4. The molecular weight excluding hydrogens is 518 g/mol. The molecule has 0 bridgehead atoms. The number of carbonyl (C=O) groups excluding carboxylic acids is 2. The first-order chi connectivity index (χ1) is 16.4. The number of methoxy groups -OCH3 is 1. The molecule has 178 valence electrons. The van der Waals surface area contributed by atoms with Crippen LogP contribution >= 0.6 is 27.3 Å². The molecule has 8 heteroatoms. The van der Waals surface area contributed by atoms with Crippen molar-refractivity contribution in [2.75, 3.05) is 19.0 Å². The van der Waals surface area contributed by atoms with Crippen LogP contribution in [0.15, 0.2) is 59.1 Å². The van der Waals surface area contributed by atoms with Crippen molar-refractivity contribution in [1.29, 1.82) is 0 Å². The lowest BCUT2D eigenvalue weighted by molar-refractivity contribution is -0.111. The number of benzene rings is 2. The molecule has 0 aliphatic rings. The van der Waals surface area contributed by atoms with E-state index in [0.29, 0.717) is 33.1 Å². The number of hydrogen-bond acceptors (Lipinski definition) is 6. The Morgan fingerprint density at radius 1 is 1.12 bits per heavy atom. The Kier molecular flexibility index (Phi) is 9.30. The van der Waals surface area contributed by atoms with Crippen LogP contribution in [0, 0.1) is 0 Å². The minimum Gasteiger partial charge on any atom is -0.493 e. The van der Waals surface area contributed by atoms with Gasteiger partial charge in [-0.1, -0.05) is 37.3 Å². The van der Waals surface area contributed by atoms with Gasteiger partial charge in [-0.05, 0) is 64.7 Å². The zero-order chi connectivity index (χ0) is 24.5. The molecule has 2 aromatic carbocycles. The van der Waals surface area contributed by atoms with Crippen LogP contribution in [-0.2, 0) is 22.6 Å². The maximum atomic E-state index is 12.6. The van der Waals surface area contributed by atoms with Crippen LogP contribution in [0.2, 0.25) is 0 Å². The first kappa shape index (κ1) is 25.5. The lowest BCUT2D eigenvalue weighted by atomic mass is 10.2. The fourth-order valence-corrected chi connectivity index (χ4v) is 4.66. The molecule has 0 atom stereocenters. The predicted molar refractivity (Wildman–Crippen MR) is 139 cm³/mol. The van der Waals surface area contributed by atoms with Gasteiger partial charge >= 0.3 is 5.97 Å². The lowest BCUT2D eigenvalue weighted by Gasteiger charge is -2.13. The molecule has 3 aromatic rings. The van der Waals surface area contributed by atoms with Crippen LogP contribution in [-0.4, -0.2) is 25.6 Å². The summed E-state index contributed by atoms with van der Waals surface area (Å²) in [6.45, 7) is 4.41. The molecular formula is C26H26BrNO5S. The van der Waals surface area contributed by atoms with Gasteiger partial charge in [0, 0.05) is 11.0 Å². The Morgan fingerprint density at radius 3 is 2.56 bits per heavy atom. The molecule has 34 heavy (non-hydrogen) atoms. The van der Waals surface area contributed by atoms with Crippen LogP contribution < -0.4 is 14.8 Å². The van der Waals surface area contributed by atoms with Gasteiger partial charge in [-0.3, -0.25) is 4.79 Å². The van der Waals surface area contributed by atoms with Crippen molar-refractivity contribution in [3.63, 3.8) is 0 Å². The Morgan fingerprint density at radius 2 is 1.88 bits per heavy atom. The summed E-state index contributed by atoms with van der Waals surface area (Å²) < 4.78 is 17.3. The van der Waals surface area contributed by atoms with E-state index in [4.69, 9.17) is 14.2 Å². The summed E-state index contributed by atoms with van der Waals surface area (Å²) in [5, 5.41) is 3.27. The number of amides is 1. The second kappa shape index (κ2) is 12.4. The van der Waals surface area contributed by atoms with E-state index in [-0.39, 0.29) is 12.5 Å². The van der Waals surface area contributed by atoms with Crippen LogP contribution in [0.3, 0.4) is 0 Å². The molecule has 0 aliphatic heterocycles. The van der Waals surface area contributed by atoms with Gasteiger partial charge in [0.2, 0.25) is 5.91 Å². The minimum absolute atomic E-state index is 0.269. The molecule has 0 saturated heterocycles. The number of rotatable bonds is 10. The molecule has 6 nitrogen and oxygen atoms in total. The van der Waals surface area contributed by atoms with Crippen molar-refractivity contribution in [3.8, 4) is 11.5 Å². The summed E-state index contributed by atoms with van der Waals surface area (Å²) in [5.74, 6) is 0.325. The molecule has 0 spiro atoms. The highest BCUT2D eigenvalue weighted by atomic mass is 79.9. The van der Waals surface area contributed by atoms with Crippen molar-refractivity contribution in [1.82, 2.24) is 0 Å². The van der Waals surface area contributed by atoms with Gasteiger partial charge < -0.3 is 19.5 Å². The third-order valence-corrected chi connectivity index (χ3v) is 6.55. The molecule has 0 radical (unpaired) electrons. The van der Waals surface area contributed by atoms with Crippen molar-refractivity contribution in [2.24, 2.45) is 0 Å². The van der Waals surface area contributed by atoms with E-state index in [1.165, 1.54) is 17.4 Å². The van der Waals surface area contributed by atoms with Crippen LogP contribution in [0.1, 0.15) is 40.2 Å². The molecule has 1 heterocycles. The van der Waals surface area contributed by atoms with E-state index in [0.717, 1.165) is 22.4 Å². The third-order valence-electron chi connectivity index (χ3n) is 4.77. The largest absolute Gasteiger partial charge is 0.493 e. The van der Waals surface area contributed by atoms with Crippen molar-refractivity contribution in [3.05, 3.63) is 80.6 Å². The smallest absolute Gasteiger partial charge is 0.341 e. The summed E-state index contributed by atoms with van der Waals surface area (Å²) in [4.78, 5) is 25.8. The van der Waals surface area contributed by atoms with Gasteiger partial charge in [0.25, 0.3) is 0 Å². The average Bonchev–Trinajstić information content (AvgIpc) is 3.25. The van der Waals surface area contributed by atoms with E-state index < -0.39 is 5.97 Å². The third kappa shape index (κ3) is 6.71. The fourth-order valence-electron chi connectivity index (χ4n) is 3.10. The Bertz CT molecular complexity index is 1170. The lowest BCUT2D eigenvalue weighted by Crippen LogP contribution is -2.11. The fraction of sp³-hybridized carbons (Fsp3) is 0.231. The number of anilines is 1. The molecule has 0 unspecified atom stereocenters. The maximum absolute atomic E-state index is 12.6. The summed E-state index contributed by atoms with van der Waals surface area (Å²) in [5.41, 5.74) is 2.16. The van der Waals surface area contributed by atoms with E-state index in [9.17, 15) is 9.59 Å². The highest BCUT2D eigenvalue weighted by Crippen LogP contribution is 2.37. The summed E-state index contributed by atoms with van der Waals surface area (Å²) >= 11 is 4.90. The summed E-state index contributed by atoms with van der Waals surface area (Å²) in [6.07, 6.45) is 3.84. The van der Waals surface area contributed by atoms with Gasteiger partial charge in [0.15, 0.2) is 11.5 Å². The van der Waals surface area contributed by atoms with Gasteiger partial charge in [0.05, 0.1) is 23.8 Å². The molecule has 0 aliphatic carbocycles. The van der Waals surface area contributed by atoms with Crippen molar-refractivity contribution in [2.45, 2.75) is 26.9 Å². The van der Waals surface area contributed by atoms with Gasteiger partial charge in [-0.15, -0.1) is 11.3 Å². The maximum Gasteiger partial charge on any atom is 0.341 e. The first-order valence-electron chi connectivity index (χ1n) is 10.8. The van der Waals surface area contributed by atoms with Crippen LogP contribution in [0.4, 0.5) is 5.00 Å². The molecule has 0 fully saturated rings. The van der Waals surface area contributed by atoms with E-state index in [1.807, 2.05) is 43.3 Å². The number of thiophene rings is 1. The van der Waals surface area contributed by atoms with Gasteiger partial charge in [-0.2, -0.15) is 0 Å². The number of ether oxygens (including phenoxy) is 3. The number of nitrogens with one attached hydrogen (secondary N) is 1. The minimum atomic E-state index is -0.447. The summed E-state index contributed by atoms with van der Waals surface area (Å²) in [7, 11) is 1.57. The highest BCUT2D eigenvalue weighted by Gasteiger charge is 2.18. The number of aryl methyl sites for hydroxylation is 1. The number of esters is 1. The molecule has 3 rings (SSSR count). The molecule has 1 amide bonds. The number of carbonyl (C=O) groups is 2. The quantitative estimate of drug-likeness (QED) is 0.233. The highest BCUT2D eigenvalue weighted by molar-refractivity contribution is 9.10. The van der Waals surface area contributed by atoms with E-state index in [1.54, 1.807) is 32.2 Å². The van der Waals surface area contributed by atoms with Crippen molar-refractivity contribution >= 4 is 50.2 Å². The zero-order valence-electron chi connectivity index (χ0n) is 19.2. The predicted octanol–water partition coefficient (Wildman–Crippen LogP) is 6.49. The molecule has 1 N–H and O–H groups in total. The van der Waals surface area contributed by atoms with Crippen molar-refractivity contribution < 1.29 is 23.8 Å². The molecule has 0 saturated carbocycles. The van der Waals surface area contributed by atoms with Gasteiger partial charge in [0.1, 0.15) is 11.6 Å². The molecule has 1 aromatic heterocycles. The Hall–Kier alpha value is -3.10. The number of hydrogen-bond donors (Lipinski definition) is 1. The SMILES string of the molecule is CCOC(=O)c1cc(CC)sc1NC(=O)C=Cc1cc(Br)c(OCc2ccccc2)c(OC)c1. The summed E-state index contributed by atoms with van der Waals surface area (Å²) in [6, 6.07) is 15.2. The van der Waals surface area contributed by atoms with Gasteiger partial charge in [-0.25, -0.2) is 4.79 Å². The normalized spacial score (nSPS) is 10.8. The Balaban J connectivity index is 1.73. The van der Waals surface area contributed by atoms with E-state index in [2.05, 4.69) is 21.2 Å². The second-order valence-electron chi connectivity index (χ2n) is 7.16. The standard InChI is InChI=1S/C26H26BrNO5S/c1-4-19-15-20(26(30)32-5-2)25(34-19)28-23(29)12-11-18-13-21(27)24(22(14-18)31-3)33-16-17-9-7-6-8-10-17/h6-15H,4-5,16H2,1-3H3,(H,28,29). The number of halogens is 1. The average molecular weight is 544 g/mol. The van der Waals surface area contributed by atoms with Crippen LogP contribution in [0.25, 0.3) is 6.08 Å². The Labute approximate surface area is 211 Å². The van der Waals surface area contributed by atoms with Crippen LogP contribution in [0.5, 0.6) is 11.5 Å². The topological polar surface area (TPSA) is 73.9 Å². The second-order valence-corrected chi connectivity index (χ2v) is 9.15. The monoisotopic (exact) mass is 543 g/mol.